The van der Waals surface area contributed by atoms with Crippen LogP contribution in [0.1, 0.15) is 62.0 Å². The van der Waals surface area contributed by atoms with Crippen LogP contribution in [0.4, 0.5) is 0 Å². The fourth-order valence-corrected chi connectivity index (χ4v) is 4.27. The molecule has 140 valence electrons. The predicted octanol–water partition coefficient (Wildman–Crippen LogP) is 4.54. The summed E-state index contributed by atoms with van der Waals surface area (Å²) in [5, 5.41) is 6.21. The van der Waals surface area contributed by atoms with Gasteiger partial charge >= 0.3 is 0 Å². The predicted molar refractivity (Wildman–Crippen MR) is 109 cm³/mol. The summed E-state index contributed by atoms with van der Waals surface area (Å²) in [6, 6.07) is 8.86. The molecule has 1 N–H and O–H groups in total. The van der Waals surface area contributed by atoms with Crippen LogP contribution in [0.15, 0.2) is 29.6 Å². The van der Waals surface area contributed by atoms with Crippen LogP contribution in [-0.4, -0.2) is 41.5 Å². The zero-order valence-corrected chi connectivity index (χ0v) is 16.8. The van der Waals surface area contributed by atoms with Gasteiger partial charge in [-0.25, -0.2) is 4.98 Å². The molecule has 26 heavy (non-hydrogen) atoms. The lowest BCUT2D eigenvalue weighted by molar-refractivity contribution is 0.0637. The number of carbonyl (C=O) groups is 1. The number of hydrogen-bond donors (Lipinski definition) is 1. The van der Waals surface area contributed by atoms with Crippen LogP contribution in [0, 0.1) is 0 Å². The number of piperidine rings is 1. The van der Waals surface area contributed by atoms with Gasteiger partial charge in [-0.05, 0) is 43.8 Å². The molecule has 1 aromatic heterocycles. The number of rotatable bonds is 6. The Morgan fingerprint density at radius 3 is 2.58 bits per heavy atom. The van der Waals surface area contributed by atoms with Crippen LogP contribution in [0.3, 0.4) is 0 Å². The summed E-state index contributed by atoms with van der Waals surface area (Å²) >= 11 is 1.56. The molecule has 5 heteroatoms. The molecule has 0 saturated carbocycles. The van der Waals surface area contributed by atoms with Crippen molar-refractivity contribution in [1.29, 1.82) is 0 Å². The highest BCUT2D eigenvalue weighted by atomic mass is 32.1. The van der Waals surface area contributed by atoms with E-state index in [0.717, 1.165) is 49.5 Å². The summed E-state index contributed by atoms with van der Waals surface area (Å²) in [4.78, 5) is 19.8. The maximum absolute atomic E-state index is 13.1. The van der Waals surface area contributed by atoms with Crippen molar-refractivity contribution < 1.29 is 4.79 Å². The van der Waals surface area contributed by atoms with Crippen LogP contribution in [0.25, 0.3) is 10.6 Å². The number of nitrogens with one attached hydrogen (secondary N) is 1. The highest BCUT2D eigenvalue weighted by Crippen LogP contribution is 2.27. The van der Waals surface area contributed by atoms with Gasteiger partial charge in [0.2, 0.25) is 0 Å². The molecular formula is C21H29N3OS. The van der Waals surface area contributed by atoms with Crippen molar-refractivity contribution in [2.45, 2.75) is 52.0 Å². The van der Waals surface area contributed by atoms with Crippen LogP contribution < -0.4 is 5.32 Å². The van der Waals surface area contributed by atoms with Crippen molar-refractivity contribution in [3.8, 4) is 10.6 Å². The van der Waals surface area contributed by atoms with Gasteiger partial charge in [-0.1, -0.05) is 45.0 Å². The molecule has 0 unspecified atom stereocenters. The minimum atomic E-state index is 0.0834. The molecule has 1 aliphatic rings. The van der Waals surface area contributed by atoms with Crippen molar-refractivity contribution in [2.24, 2.45) is 0 Å². The molecule has 3 rings (SSSR count). The third-order valence-corrected chi connectivity index (χ3v) is 5.91. The maximum Gasteiger partial charge on any atom is 0.273 e. The smallest absolute Gasteiger partial charge is 0.273 e. The first-order valence-electron chi connectivity index (χ1n) is 9.67. The van der Waals surface area contributed by atoms with Gasteiger partial charge in [-0.15, -0.1) is 11.3 Å². The number of thiazole rings is 1. The molecule has 1 fully saturated rings. The molecule has 0 radical (unpaired) electrons. The van der Waals surface area contributed by atoms with E-state index in [1.807, 2.05) is 10.3 Å². The number of aromatic nitrogens is 1. The first-order chi connectivity index (χ1) is 12.6. The fourth-order valence-electron chi connectivity index (χ4n) is 3.47. The van der Waals surface area contributed by atoms with Gasteiger partial charge in [0.15, 0.2) is 0 Å². The van der Waals surface area contributed by atoms with E-state index in [-0.39, 0.29) is 5.91 Å². The van der Waals surface area contributed by atoms with Gasteiger partial charge in [-0.2, -0.15) is 0 Å². The monoisotopic (exact) mass is 371 g/mol. The lowest BCUT2D eigenvalue weighted by Gasteiger charge is -2.34. The summed E-state index contributed by atoms with van der Waals surface area (Å²) < 4.78 is 0. The van der Waals surface area contributed by atoms with Crippen molar-refractivity contribution in [1.82, 2.24) is 15.2 Å². The van der Waals surface area contributed by atoms with Crippen molar-refractivity contribution in [3.63, 3.8) is 0 Å². The van der Waals surface area contributed by atoms with Crippen LogP contribution in [0.5, 0.6) is 0 Å². The summed E-state index contributed by atoms with van der Waals surface area (Å²) in [6.07, 6.45) is 3.03. The van der Waals surface area contributed by atoms with E-state index >= 15 is 0 Å². The van der Waals surface area contributed by atoms with Crippen molar-refractivity contribution in [2.75, 3.05) is 19.6 Å². The van der Waals surface area contributed by atoms with Crippen molar-refractivity contribution >= 4 is 17.2 Å². The van der Waals surface area contributed by atoms with Gasteiger partial charge in [-0.3, -0.25) is 4.79 Å². The van der Waals surface area contributed by atoms with Gasteiger partial charge in [0, 0.05) is 23.5 Å². The molecule has 1 aromatic carbocycles. The first-order valence-corrected chi connectivity index (χ1v) is 10.6. The van der Waals surface area contributed by atoms with E-state index < -0.39 is 0 Å². The summed E-state index contributed by atoms with van der Waals surface area (Å²) in [5.41, 5.74) is 2.99. The normalized spacial score (nSPS) is 15.4. The molecule has 0 aliphatic carbocycles. The number of benzene rings is 1. The standard InChI is InChI=1S/C21H29N3OS/c1-4-13-24(18-9-11-22-12-10-18)21(25)19-14-26-20(23-19)17-7-5-16(6-8-17)15(2)3/h5-8,14-15,18,22H,4,9-13H2,1-3H3. The molecule has 1 amide bonds. The molecule has 0 atom stereocenters. The number of nitrogens with zero attached hydrogens (tertiary/aromatic N) is 2. The Morgan fingerprint density at radius 1 is 1.27 bits per heavy atom. The highest BCUT2D eigenvalue weighted by molar-refractivity contribution is 7.13. The summed E-state index contributed by atoms with van der Waals surface area (Å²) in [7, 11) is 0. The molecule has 1 saturated heterocycles. The summed E-state index contributed by atoms with van der Waals surface area (Å²) in [6.45, 7) is 9.30. The molecule has 2 heterocycles. The average Bonchev–Trinajstić information content (AvgIpc) is 3.16. The van der Waals surface area contributed by atoms with E-state index in [1.165, 1.54) is 5.56 Å². The molecule has 1 aliphatic heterocycles. The number of hydrogen-bond acceptors (Lipinski definition) is 4. The molecular weight excluding hydrogens is 342 g/mol. The second kappa shape index (κ2) is 8.78. The van der Waals surface area contributed by atoms with Crippen LogP contribution >= 0.6 is 11.3 Å². The second-order valence-electron chi connectivity index (χ2n) is 7.29. The van der Waals surface area contributed by atoms with Gasteiger partial charge < -0.3 is 10.2 Å². The number of carbonyl (C=O) groups excluding carboxylic acids is 1. The third-order valence-electron chi connectivity index (χ3n) is 5.02. The molecule has 2 aromatic rings. The topological polar surface area (TPSA) is 45.2 Å². The maximum atomic E-state index is 13.1. The Bertz CT molecular complexity index is 717. The lowest BCUT2D eigenvalue weighted by Crippen LogP contribution is -2.46. The first kappa shape index (κ1) is 19.1. The van der Waals surface area contributed by atoms with Crippen LogP contribution in [-0.2, 0) is 0 Å². The van der Waals surface area contributed by atoms with Crippen molar-refractivity contribution in [3.05, 3.63) is 40.9 Å². The second-order valence-corrected chi connectivity index (χ2v) is 8.15. The Morgan fingerprint density at radius 2 is 1.96 bits per heavy atom. The molecule has 0 bridgehead atoms. The quantitative estimate of drug-likeness (QED) is 0.811. The minimum absolute atomic E-state index is 0.0834. The Balaban J connectivity index is 1.77. The van der Waals surface area contributed by atoms with E-state index in [9.17, 15) is 4.79 Å². The van der Waals surface area contributed by atoms with Crippen LogP contribution in [0.2, 0.25) is 0 Å². The zero-order valence-electron chi connectivity index (χ0n) is 16.0. The fraction of sp³-hybridized carbons (Fsp3) is 0.524. The highest BCUT2D eigenvalue weighted by Gasteiger charge is 2.27. The van der Waals surface area contributed by atoms with Gasteiger partial charge in [0.1, 0.15) is 10.7 Å². The van der Waals surface area contributed by atoms with E-state index in [2.05, 4.69) is 55.3 Å². The van der Waals surface area contributed by atoms with Gasteiger partial charge in [0.25, 0.3) is 5.91 Å². The zero-order chi connectivity index (χ0) is 18.5. The third kappa shape index (κ3) is 4.33. The van der Waals surface area contributed by atoms with E-state index in [4.69, 9.17) is 0 Å². The Kier molecular flexibility index (Phi) is 6.43. The van der Waals surface area contributed by atoms with E-state index in [1.54, 1.807) is 11.3 Å². The van der Waals surface area contributed by atoms with E-state index in [0.29, 0.717) is 17.7 Å². The lowest BCUT2D eigenvalue weighted by atomic mass is 10.0. The Labute approximate surface area is 160 Å². The minimum Gasteiger partial charge on any atom is -0.334 e. The largest absolute Gasteiger partial charge is 0.334 e. The average molecular weight is 372 g/mol. The Hall–Kier alpha value is -1.72. The molecule has 0 spiro atoms. The van der Waals surface area contributed by atoms with Gasteiger partial charge in [0.05, 0.1) is 0 Å². The molecule has 4 nitrogen and oxygen atoms in total. The SMILES string of the molecule is CCCN(C(=O)c1csc(-c2ccc(C(C)C)cc2)n1)C1CCNCC1. The number of amides is 1. The summed E-state index contributed by atoms with van der Waals surface area (Å²) in [5.74, 6) is 0.602.